The molecule has 5 heteroatoms. The van der Waals surface area contributed by atoms with Gasteiger partial charge in [0.25, 0.3) is 0 Å². The van der Waals surface area contributed by atoms with E-state index in [-0.39, 0.29) is 12.3 Å². The molecule has 0 bridgehead atoms. The molecule has 1 rings (SSSR count). The van der Waals surface area contributed by atoms with Crippen LogP contribution in [0.5, 0.6) is 0 Å². The van der Waals surface area contributed by atoms with Crippen LogP contribution in [0.3, 0.4) is 0 Å². The fourth-order valence-electron chi connectivity index (χ4n) is 1.69. The van der Waals surface area contributed by atoms with Gasteiger partial charge in [0, 0.05) is 0 Å². The average Bonchev–Trinajstić information content (AvgIpc) is 2.17. The van der Waals surface area contributed by atoms with Gasteiger partial charge in [0.2, 0.25) is 0 Å². The molecular formula is C10H15O4P. The van der Waals surface area contributed by atoms with Crippen molar-refractivity contribution in [2.24, 2.45) is 0 Å². The zero-order valence-corrected chi connectivity index (χ0v) is 9.37. The van der Waals surface area contributed by atoms with Crippen LogP contribution in [0.2, 0.25) is 0 Å². The number of aliphatic carboxylic acids is 2. The molecule has 0 aromatic carbocycles. The van der Waals surface area contributed by atoms with E-state index in [0.29, 0.717) is 0 Å². The van der Waals surface area contributed by atoms with Crippen LogP contribution in [0.4, 0.5) is 0 Å². The summed E-state index contributed by atoms with van der Waals surface area (Å²) < 4.78 is 0. The van der Waals surface area contributed by atoms with Crippen LogP contribution in [0.15, 0.2) is 11.4 Å². The minimum Gasteiger partial charge on any atom is -0.481 e. The van der Waals surface area contributed by atoms with Crippen molar-refractivity contribution in [1.29, 1.82) is 0 Å². The van der Waals surface area contributed by atoms with E-state index in [2.05, 4.69) is 0 Å². The summed E-state index contributed by atoms with van der Waals surface area (Å²) in [5.41, 5.74) is 0. The van der Waals surface area contributed by atoms with E-state index >= 15 is 0 Å². The molecule has 84 valence electrons. The van der Waals surface area contributed by atoms with E-state index in [1.54, 1.807) is 0 Å². The molecule has 0 radical (unpaired) electrons. The number of carboxylic acid groups (broad SMARTS) is 2. The van der Waals surface area contributed by atoms with Gasteiger partial charge in [-0.25, -0.2) is 0 Å². The Kier molecular flexibility index (Phi) is 4.76. The van der Waals surface area contributed by atoms with Crippen molar-refractivity contribution in [1.82, 2.24) is 0 Å². The third-order valence-electron chi connectivity index (χ3n) is 2.33. The Bertz CT molecular complexity index is 269. The van der Waals surface area contributed by atoms with Crippen LogP contribution in [0.1, 0.15) is 25.7 Å². The average molecular weight is 230 g/mol. The highest BCUT2D eigenvalue weighted by Crippen LogP contribution is 2.48. The number of hydrogen-bond donors (Lipinski definition) is 2. The summed E-state index contributed by atoms with van der Waals surface area (Å²) in [5, 5.41) is 18.5. The zero-order chi connectivity index (χ0) is 11.3. The molecule has 1 aliphatic carbocycles. The molecule has 0 aliphatic heterocycles. The fraction of sp³-hybridized carbons (Fsp3) is 0.600. The SMILES string of the molecule is O=C(O)CP(CC(=O)O)C1=CCCCC1. The van der Waals surface area contributed by atoms with Gasteiger partial charge < -0.3 is 10.2 Å². The molecule has 0 aromatic heterocycles. The molecule has 1 aliphatic rings. The van der Waals surface area contributed by atoms with Gasteiger partial charge >= 0.3 is 11.9 Å². The van der Waals surface area contributed by atoms with E-state index in [1.807, 2.05) is 6.08 Å². The van der Waals surface area contributed by atoms with Crippen LogP contribution in [0.25, 0.3) is 0 Å². The smallest absolute Gasteiger partial charge is 0.308 e. The number of carboxylic acids is 2. The highest BCUT2D eigenvalue weighted by molar-refractivity contribution is 7.63. The van der Waals surface area contributed by atoms with Gasteiger partial charge in [0.05, 0.1) is 12.3 Å². The molecule has 0 spiro atoms. The van der Waals surface area contributed by atoms with Gasteiger partial charge in [-0.05, 0) is 31.0 Å². The van der Waals surface area contributed by atoms with Crippen molar-refractivity contribution in [2.75, 3.05) is 12.3 Å². The molecule has 0 aromatic rings. The Morgan fingerprint density at radius 1 is 1.20 bits per heavy atom. The van der Waals surface area contributed by atoms with Gasteiger partial charge in [-0.3, -0.25) is 9.59 Å². The molecule has 0 amide bonds. The normalized spacial score (nSPS) is 16.2. The predicted octanol–water partition coefficient (Wildman–Crippen LogP) is 2.10. The van der Waals surface area contributed by atoms with Crippen molar-refractivity contribution < 1.29 is 19.8 Å². The van der Waals surface area contributed by atoms with Crippen molar-refractivity contribution in [3.05, 3.63) is 11.4 Å². The summed E-state index contributed by atoms with van der Waals surface area (Å²) in [6.45, 7) is 0. The highest BCUT2D eigenvalue weighted by Gasteiger charge is 2.21. The second kappa shape index (κ2) is 5.86. The minimum atomic E-state index is -0.996. The summed E-state index contributed by atoms with van der Waals surface area (Å²) in [5.74, 6) is -1.79. The first-order chi connectivity index (χ1) is 7.09. The van der Waals surface area contributed by atoms with Crippen molar-refractivity contribution >= 4 is 19.9 Å². The van der Waals surface area contributed by atoms with Crippen LogP contribution in [0, 0.1) is 0 Å². The van der Waals surface area contributed by atoms with Gasteiger partial charge in [0.15, 0.2) is 0 Å². The van der Waals surface area contributed by atoms with Crippen LogP contribution in [-0.4, -0.2) is 34.5 Å². The molecule has 0 atom stereocenters. The maximum Gasteiger partial charge on any atom is 0.308 e. The lowest BCUT2D eigenvalue weighted by Crippen LogP contribution is -2.10. The first kappa shape index (κ1) is 12.2. The maximum absolute atomic E-state index is 10.6. The second-order valence-electron chi connectivity index (χ2n) is 3.58. The third-order valence-corrected chi connectivity index (χ3v) is 4.85. The Labute approximate surface area is 89.7 Å². The summed E-state index contributed by atoms with van der Waals surface area (Å²) in [6.07, 6.45) is 6.07. The topological polar surface area (TPSA) is 74.6 Å². The first-order valence-corrected chi connectivity index (χ1v) is 6.68. The van der Waals surface area contributed by atoms with Crippen molar-refractivity contribution in [2.45, 2.75) is 25.7 Å². The number of carbonyl (C=O) groups is 2. The first-order valence-electron chi connectivity index (χ1n) is 4.97. The fourth-order valence-corrected chi connectivity index (χ4v) is 3.73. The van der Waals surface area contributed by atoms with Gasteiger partial charge in [-0.15, -0.1) is 0 Å². The quantitative estimate of drug-likeness (QED) is 0.709. The molecule has 4 nitrogen and oxygen atoms in total. The lowest BCUT2D eigenvalue weighted by Gasteiger charge is -2.20. The zero-order valence-electron chi connectivity index (χ0n) is 8.48. The lowest BCUT2D eigenvalue weighted by molar-refractivity contribution is -0.134. The third kappa shape index (κ3) is 4.43. The summed E-state index contributed by atoms with van der Waals surface area (Å²) in [7, 11) is -0.996. The molecule has 2 N–H and O–H groups in total. The Morgan fingerprint density at radius 3 is 2.20 bits per heavy atom. The van der Waals surface area contributed by atoms with E-state index < -0.39 is 19.9 Å². The largest absolute Gasteiger partial charge is 0.481 e. The van der Waals surface area contributed by atoms with E-state index in [9.17, 15) is 9.59 Å². The minimum absolute atomic E-state index is 0.00648. The number of allylic oxidation sites excluding steroid dienone is 2. The van der Waals surface area contributed by atoms with E-state index in [4.69, 9.17) is 10.2 Å². The summed E-state index contributed by atoms with van der Waals surface area (Å²) in [4.78, 5) is 21.3. The molecule has 0 saturated heterocycles. The monoisotopic (exact) mass is 230 g/mol. The van der Waals surface area contributed by atoms with Crippen LogP contribution in [-0.2, 0) is 9.59 Å². The number of rotatable bonds is 5. The van der Waals surface area contributed by atoms with Gasteiger partial charge in [-0.1, -0.05) is 14.0 Å². The van der Waals surface area contributed by atoms with Gasteiger partial charge in [0.1, 0.15) is 0 Å². The molecule has 0 unspecified atom stereocenters. The molecule has 0 fully saturated rings. The maximum atomic E-state index is 10.6. The summed E-state index contributed by atoms with van der Waals surface area (Å²) >= 11 is 0. The molecule has 0 heterocycles. The van der Waals surface area contributed by atoms with Gasteiger partial charge in [-0.2, -0.15) is 0 Å². The van der Waals surface area contributed by atoms with Crippen molar-refractivity contribution in [3.8, 4) is 0 Å². The Hall–Kier alpha value is -0.890. The predicted molar refractivity (Wildman–Crippen MR) is 58.5 cm³/mol. The summed E-state index contributed by atoms with van der Waals surface area (Å²) in [6, 6.07) is 0. The lowest BCUT2D eigenvalue weighted by atomic mass is 10.1. The number of hydrogen-bond acceptors (Lipinski definition) is 2. The highest BCUT2D eigenvalue weighted by atomic mass is 31.1. The van der Waals surface area contributed by atoms with Crippen LogP contribution >= 0.6 is 7.92 Å². The Morgan fingerprint density at radius 2 is 1.80 bits per heavy atom. The Balaban J connectivity index is 2.65. The molecule has 0 saturated carbocycles. The molecule has 15 heavy (non-hydrogen) atoms. The standard InChI is InChI=1S/C10H15O4P/c11-9(12)6-15(7-10(13)14)8-4-2-1-3-5-8/h4H,1-3,5-7H2,(H,11,12)(H,13,14). The van der Waals surface area contributed by atoms with Crippen molar-refractivity contribution in [3.63, 3.8) is 0 Å². The molecular weight excluding hydrogens is 215 g/mol. The van der Waals surface area contributed by atoms with E-state index in [1.165, 1.54) is 0 Å². The van der Waals surface area contributed by atoms with Crippen LogP contribution < -0.4 is 0 Å². The van der Waals surface area contributed by atoms with E-state index in [0.717, 1.165) is 31.0 Å². The second-order valence-corrected chi connectivity index (χ2v) is 5.87.